The Hall–Kier alpha value is -1.34. The van der Waals surface area contributed by atoms with E-state index in [1.54, 1.807) is 19.2 Å². The zero-order valence-electron chi connectivity index (χ0n) is 9.67. The molecule has 0 radical (unpaired) electrons. The van der Waals surface area contributed by atoms with Gasteiger partial charge in [0.05, 0.1) is 11.9 Å². The van der Waals surface area contributed by atoms with E-state index < -0.39 is 10.0 Å². The molecule has 1 N–H and O–H groups in total. The molecule has 0 aliphatic rings. The van der Waals surface area contributed by atoms with Crippen LogP contribution >= 0.6 is 15.9 Å². The van der Waals surface area contributed by atoms with Crippen molar-refractivity contribution < 1.29 is 8.42 Å². The summed E-state index contributed by atoms with van der Waals surface area (Å²) in [5, 5.41) is 4.44. The van der Waals surface area contributed by atoms with Gasteiger partial charge in [0, 0.05) is 18.6 Å². The van der Waals surface area contributed by atoms with Crippen LogP contribution in [-0.4, -0.2) is 18.2 Å². The third-order valence-corrected chi connectivity index (χ3v) is 4.32. The highest BCUT2D eigenvalue weighted by atomic mass is 79.9. The number of benzene rings is 1. The van der Waals surface area contributed by atoms with Crippen molar-refractivity contribution in [2.24, 2.45) is 7.05 Å². The minimum atomic E-state index is -3.58. The maximum Gasteiger partial charge on any atom is 0.265 e. The summed E-state index contributed by atoms with van der Waals surface area (Å²) in [5.74, 6) is 0. The third-order valence-electron chi connectivity index (χ3n) is 2.40. The Morgan fingerprint density at radius 1 is 1.39 bits per heavy atom. The predicted molar refractivity (Wildman–Crippen MR) is 73.1 cm³/mol. The van der Waals surface area contributed by atoms with Crippen LogP contribution in [0, 0.1) is 0 Å². The summed E-state index contributed by atoms with van der Waals surface area (Å²) >= 11 is 3.32. The van der Waals surface area contributed by atoms with Crippen molar-refractivity contribution in [3.8, 4) is 0 Å². The fourth-order valence-corrected chi connectivity index (χ4v) is 3.05. The summed E-state index contributed by atoms with van der Waals surface area (Å²) in [6.07, 6.45) is 2.78. The van der Waals surface area contributed by atoms with Crippen LogP contribution in [0.2, 0.25) is 0 Å². The number of rotatable bonds is 4. The van der Waals surface area contributed by atoms with E-state index in [1.807, 2.05) is 12.1 Å². The second-order valence-electron chi connectivity index (χ2n) is 3.75. The molecule has 0 saturated carbocycles. The molecule has 1 aromatic heterocycles. The summed E-state index contributed by atoms with van der Waals surface area (Å²) in [6, 6.07) is 7.23. The number of alkyl halides is 1. The number of sulfonamides is 1. The second-order valence-corrected chi connectivity index (χ2v) is 5.99. The molecule has 96 valence electrons. The number of halogens is 1. The van der Waals surface area contributed by atoms with Crippen LogP contribution in [0.3, 0.4) is 0 Å². The Balaban J connectivity index is 2.33. The van der Waals surface area contributed by atoms with Crippen LogP contribution in [0.1, 0.15) is 5.56 Å². The Bertz CT molecular complexity index is 652. The molecular formula is C11H12BrN3O2S. The van der Waals surface area contributed by atoms with E-state index in [-0.39, 0.29) is 4.90 Å². The molecule has 1 heterocycles. The van der Waals surface area contributed by atoms with Gasteiger partial charge in [-0.3, -0.25) is 9.40 Å². The van der Waals surface area contributed by atoms with Crippen LogP contribution in [0.15, 0.2) is 41.6 Å². The molecule has 0 atom stereocenters. The third kappa shape index (κ3) is 2.73. The number of hydrogen-bond donors (Lipinski definition) is 1. The zero-order valence-corrected chi connectivity index (χ0v) is 12.1. The monoisotopic (exact) mass is 329 g/mol. The summed E-state index contributed by atoms with van der Waals surface area (Å²) in [6.45, 7) is 0. The number of aryl methyl sites for hydroxylation is 1. The van der Waals surface area contributed by atoms with Crippen molar-refractivity contribution in [3.05, 3.63) is 42.2 Å². The van der Waals surface area contributed by atoms with E-state index >= 15 is 0 Å². The lowest BCUT2D eigenvalue weighted by Gasteiger charge is -2.09. The molecule has 2 rings (SSSR count). The summed E-state index contributed by atoms with van der Waals surface area (Å²) in [4.78, 5) is 0.148. The lowest BCUT2D eigenvalue weighted by atomic mass is 10.2. The molecule has 2 aromatic rings. The Morgan fingerprint density at radius 2 is 2.11 bits per heavy atom. The molecule has 18 heavy (non-hydrogen) atoms. The van der Waals surface area contributed by atoms with Gasteiger partial charge in [0.2, 0.25) is 0 Å². The van der Waals surface area contributed by atoms with E-state index in [0.29, 0.717) is 11.0 Å². The summed E-state index contributed by atoms with van der Waals surface area (Å²) in [7, 11) is -1.91. The quantitative estimate of drug-likeness (QED) is 0.874. The predicted octanol–water partition coefficient (Wildman–Crippen LogP) is 2.12. The van der Waals surface area contributed by atoms with Crippen molar-refractivity contribution >= 4 is 31.6 Å². The first kappa shape index (κ1) is 13.1. The lowest BCUT2D eigenvalue weighted by molar-refractivity contribution is 0.601. The Morgan fingerprint density at radius 3 is 2.72 bits per heavy atom. The fraction of sp³-hybridized carbons (Fsp3) is 0.182. The van der Waals surface area contributed by atoms with Gasteiger partial charge in [-0.1, -0.05) is 34.1 Å². The van der Waals surface area contributed by atoms with E-state index in [0.717, 1.165) is 5.56 Å². The number of aromatic nitrogens is 2. The first-order valence-electron chi connectivity index (χ1n) is 5.18. The minimum Gasteiger partial charge on any atom is -0.279 e. The van der Waals surface area contributed by atoms with Gasteiger partial charge in [0.25, 0.3) is 10.0 Å². The average molecular weight is 330 g/mol. The van der Waals surface area contributed by atoms with Crippen molar-refractivity contribution in [3.63, 3.8) is 0 Å². The standard InChI is InChI=1S/C11H12BrN3O2S/c1-15-8-10(7-13-15)18(16,17)14-11-5-3-2-4-9(11)6-12/h2-5,7-8,14H,6H2,1H3. The summed E-state index contributed by atoms with van der Waals surface area (Å²) in [5.41, 5.74) is 1.45. The molecule has 0 aliphatic heterocycles. The van der Waals surface area contributed by atoms with Gasteiger partial charge in [0.15, 0.2) is 0 Å². The van der Waals surface area contributed by atoms with Crippen LogP contribution in [0.5, 0.6) is 0 Å². The van der Waals surface area contributed by atoms with E-state index in [9.17, 15) is 8.42 Å². The number of para-hydroxylation sites is 1. The molecule has 7 heteroatoms. The Kier molecular flexibility index (Phi) is 3.72. The van der Waals surface area contributed by atoms with Crippen molar-refractivity contribution in [2.75, 3.05) is 4.72 Å². The highest BCUT2D eigenvalue weighted by Gasteiger charge is 2.17. The van der Waals surface area contributed by atoms with E-state index in [1.165, 1.54) is 17.1 Å². The molecule has 0 unspecified atom stereocenters. The van der Waals surface area contributed by atoms with E-state index in [4.69, 9.17) is 0 Å². The average Bonchev–Trinajstić information content (AvgIpc) is 2.77. The summed E-state index contributed by atoms with van der Waals surface area (Å²) < 4.78 is 28.2. The molecule has 0 bridgehead atoms. The SMILES string of the molecule is Cn1cc(S(=O)(=O)Nc2ccccc2CBr)cn1. The molecule has 0 fully saturated rings. The van der Waals surface area contributed by atoms with Crippen molar-refractivity contribution in [2.45, 2.75) is 10.2 Å². The normalized spacial score (nSPS) is 11.4. The van der Waals surface area contributed by atoms with Crippen LogP contribution in [0.4, 0.5) is 5.69 Å². The van der Waals surface area contributed by atoms with Crippen LogP contribution < -0.4 is 4.72 Å². The number of nitrogens with zero attached hydrogens (tertiary/aromatic N) is 2. The molecule has 1 aromatic carbocycles. The maximum absolute atomic E-state index is 12.1. The highest BCUT2D eigenvalue weighted by molar-refractivity contribution is 9.08. The van der Waals surface area contributed by atoms with Gasteiger partial charge >= 0.3 is 0 Å². The second kappa shape index (κ2) is 5.11. The van der Waals surface area contributed by atoms with E-state index in [2.05, 4.69) is 25.8 Å². The number of hydrogen-bond acceptors (Lipinski definition) is 3. The molecule has 0 amide bonds. The van der Waals surface area contributed by atoms with Gasteiger partial charge in [-0.2, -0.15) is 5.10 Å². The van der Waals surface area contributed by atoms with Gasteiger partial charge in [-0.05, 0) is 11.6 Å². The Labute approximate surface area is 114 Å². The fourth-order valence-electron chi connectivity index (χ4n) is 1.48. The zero-order chi connectivity index (χ0) is 13.2. The molecule has 0 saturated heterocycles. The molecule has 5 nitrogen and oxygen atoms in total. The lowest BCUT2D eigenvalue weighted by Crippen LogP contribution is -2.13. The van der Waals surface area contributed by atoms with Gasteiger partial charge < -0.3 is 0 Å². The maximum atomic E-state index is 12.1. The smallest absolute Gasteiger partial charge is 0.265 e. The first-order chi connectivity index (χ1) is 8.53. The van der Waals surface area contributed by atoms with Crippen LogP contribution in [0.25, 0.3) is 0 Å². The molecule has 0 spiro atoms. The van der Waals surface area contributed by atoms with Gasteiger partial charge in [-0.25, -0.2) is 8.42 Å². The largest absolute Gasteiger partial charge is 0.279 e. The van der Waals surface area contributed by atoms with Crippen molar-refractivity contribution in [1.29, 1.82) is 0 Å². The van der Waals surface area contributed by atoms with Gasteiger partial charge in [-0.15, -0.1) is 0 Å². The number of nitrogens with one attached hydrogen (secondary N) is 1. The molecule has 0 aliphatic carbocycles. The molecular weight excluding hydrogens is 318 g/mol. The topological polar surface area (TPSA) is 64.0 Å². The number of anilines is 1. The minimum absolute atomic E-state index is 0.148. The highest BCUT2D eigenvalue weighted by Crippen LogP contribution is 2.21. The van der Waals surface area contributed by atoms with Crippen molar-refractivity contribution in [1.82, 2.24) is 9.78 Å². The first-order valence-corrected chi connectivity index (χ1v) is 7.79. The van der Waals surface area contributed by atoms with Crippen LogP contribution in [-0.2, 0) is 22.4 Å². The van der Waals surface area contributed by atoms with Gasteiger partial charge in [0.1, 0.15) is 4.90 Å².